The number of nitrogens with one attached hydrogen (secondary N) is 4. The molecule has 12 N–H and O–H groups in total. The van der Waals surface area contributed by atoms with Crippen LogP contribution in [0.5, 0.6) is 0 Å². The fourth-order valence-electron chi connectivity index (χ4n) is 4.00. The van der Waals surface area contributed by atoms with Crippen molar-refractivity contribution in [1.82, 2.24) is 20.9 Å². The molecule has 4 unspecified atom stereocenters. The molecule has 15 heteroatoms. The summed E-state index contributed by atoms with van der Waals surface area (Å²) in [6.07, 6.45) is 1.15. The first-order chi connectivity index (χ1) is 18.9. The van der Waals surface area contributed by atoms with Gasteiger partial charge in [0.25, 0.3) is 0 Å². The van der Waals surface area contributed by atoms with E-state index in [1.165, 1.54) is 0 Å². The maximum Gasteiger partial charge on any atom is 0.326 e. The Bertz CT molecular complexity index is 1230. The lowest BCUT2D eigenvalue weighted by Crippen LogP contribution is -2.57. The molecule has 15 nitrogen and oxygen atoms in total. The number of para-hydroxylation sites is 1. The number of nitrogens with two attached hydrogens (primary N) is 3. The third kappa shape index (κ3) is 9.67. The van der Waals surface area contributed by atoms with E-state index in [4.69, 9.17) is 17.2 Å². The van der Waals surface area contributed by atoms with Crippen LogP contribution in [-0.4, -0.2) is 81.5 Å². The number of benzene rings is 1. The molecule has 0 saturated carbocycles. The predicted octanol–water partition coefficient (Wildman–Crippen LogP) is -1.94. The molecule has 0 aliphatic carbocycles. The van der Waals surface area contributed by atoms with Crippen LogP contribution in [0, 0.1) is 0 Å². The summed E-state index contributed by atoms with van der Waals surface area (Å²) in [4.78, 5) is 75.9. The molecule has 0 fully saturated rings. The predicted molar refractivity (Wildman–Crippen MR) is 142 cm³/mol. The lowest BCUT2D eigenvalue weighted by molar-refractivity contribution is -0.143. The summed E-state index contributed by atoms with van der Waals surface area (Å²) in [5.74, 6) is -6.43. The molecular weight excluding hydrogens is 526 g/mol. The summed E-state index contributed by atoms with van der Waals surface area (Å²) in [7, 11) is 0. The molecule has 218 valence electrons. The molecule has 40 heavy (non-hydrogen) atoms. The van der Waals surface area contributed by atoms with Crippen molar-refractivity contribution in [3.05, 3.63) is 36.0 Å². The second kappa shape index (κ2) is 15.2. The number of carbonyl (C=O) groups is 6. The molecular formula is C25H35N7O8. The van der Waals surface area contributed by atoms with Crippen LogP contribution in [0.1, 0.15) is 37.7 Å². The number of unbranched alkanes of at least 4 members (excludes halogenated alkanes) is 1. The van der Waals surface area contributed by atoms with Gasteiger partial charge < -0.3 is 48.3 Å². The summed E-state index contributed by atoms with van der Waals surface area (Å²) < 4.78 is 0. The quantitative estimate of drug-likeness (QED) is 0.0963. The fraction of sp³-hybridized carbons (Fsp3) is 0.440. The minimum atomic E-state index is -1.64. The first-order valence-electron chi connectivity index (χ1n) is 12.6. The number of hydrogen-bond donors (Lipinski definition) is 9. The van der Waals surface area contributed by atoms with Crippen LogP contribution in [0.3, 0.4) is 0 Å². The number of rotatable bonds is 17. The Morgan fingerprint density at radius 3 is 2.10 bits per heavy atom. The third-order valence-corrected chi connectivity index (χ3v) is 6.06. The zero-order valence-corrected chi connectivity index (χ0v) is 21.7. The molecule has 2 rings (SSSR count). The number of H-pyrrole nitrogens is 1. The van der Waals surface area contributed by atoms with Crippen molar-refractivity contribution in [2.75, 3.05) is 6.54 Å². The lowest BCUT2D eigenvalue weighted by atomic mass is 10.0. The van der Waals surface area contributed by atoms with Crippen molar-refractivity contribution in [2.24, 2.45) is 17.2 Å². The van der Waals surface area contributed by atoms with E-state index >= 15 is 0 Å². The van der Waals surface area contributed by atoms with Crippen LogP contribution in [-0.2, 0) is 35.2 Å². The van der Waals surface area contributed by atoms with Crippen LogP contribution in [0.4, 0.5) is 0 Å². The zero-order chi connectivity index (χ0) is 29.8. The highest BCUT2D eigenvalue weighted by atomic mass is 16.4. The van der Waals surface area contributed by atoms with Crippen LogP contribution in [0.15, 0.2) is 30.5 Å². The minimum absolute atomic E-state index is 0.0516. The molecule has 0 spiro atoms. The summed E-state index contributed by atoms with van der Waals surface area (Å²) >= 11 is 0. The topological polar surface area (TPSA) is 273 Å². The molecule has 0 bridgehead atoms. The number of hydrogen-bond acceptors (Lipinski definition) is 8. The van der Waals surface area contributed by atoms with E-state index < -0.39 is 72.6 Å². The van der Waals surface area contributed by atoms with E-state index in [0.717, 1.165) is 10.9 Å². The molecule has 0 saturated heterocycles. The summed E-state index contributed by atoms with van der Waals surface area (Å²) in [6.45, 7) is 0.302. The Labute approximate surface area is 229 Å². The van der Waals surface area contributed by atoms with Crippen LogP contribution in [0.25, 0.3) is 10.9 Å². The number of primary amides is 1. The second-order valence-electron chi connectivity index (χ2n) is 9.24. The summed E-state index contributed by atoms with van der Waals surface area (Å²) in [5.41, 5.74) is 17.6. The van der Waals surface area contributed by atoms with Crippen LogP contribution < -0.4 is 33.2 Å². The van der Waals surface area contributed by atoms with Gasteiger partial charge >= 0.3 is 11.9 Å². The van der Waals surface area contributed by atoms with Gasteiger partial charge in [0.05, 0.1) is 18.9 Å². The van der Waals surface area contributed by atoms with Gasteiger partial charge in [0.15, 0.2) is 0 Å². The largest absolute Gasteiger partial charge is 0.481 e. The zero-order valence-electron chi connectivity index (χ0n) is 21.7. The Morgan fingerprint density at radius 1 is 0.850 bits per heavy atom. The van der Waals surface area contributed by atoms with Crippen molar-refractivity contribution in [3.63, 3.8) is 0 Å². The first-order valence-corrected chi connectivity index (χ1v) is 12.6. The molecule has 1 aromatic carbocycles. The highest BCUT2D eigenvalue weighted by Gasteiger charge is 2.31. The van der Waals surface area contributed by atoms with E-state index in [0.29, 0.717) is 24.9 Å². The molecule has 4 amide bonds. The number of aromatic nitrogens is 1. The van der Waals surface area contributed by atoms with Gasteiger partial charge in [-0.2, -0.15) is 0 Å². The number of carboxylic acid groups (broad SMARTS) is 2. The molecule has 0 aliphatic heterocycles. The standard InChI is InChI=1S/C25H35N7O8/c26-8-4-3-7-17(30-24(38)18(11-21(34)35)31-22(36)15(27)10-20(28)33)23(37)32-19(25(39)40)9-13-12-29-16-6-2-1-5-14(13)16/h1-2,5-6,12,15,17-19,29H,3-4,7-11,26-27H2,(H2,28,33)(H,30,38)(H,31,36)(H,32,37)(H,34,35)(H,39,40). The Balaban J connectivity index is 2.19. The van der Waals surface area contributed by atoms with E-state index in [2.05, 4.69) is 20.9 Å². The molecule has 2 aromatic rings. The number of fused-ring (bicyclic) bond motifs is 1. The smallest absolute Gasteiger partial charge is 0.326 e. The van der Waals surface area contributed by atoms with Crippen molar-refractivity contribution in [2.45, 2.75) is 62.7 Å². The van der Waals surface area contributed by atoms with Gasteiger partial charge in [0.1, 0.15) is 18.1 Å². The molecule has 1 heterocycles. The molecule has 0 radical (unpaired) electrons. The number of carbonyl (C=O) groups excluding carboxylic acids is 4. The lowest BCUT2D eigenvalue weighted by Gasteiger charge is -2.24. The highest BCUT2D eigenvalue weighted by molar-refractivity contribution is 5.96. The second-order valence-corrected chi connectivity index (χ2v) is 9.24. The van der Waals surface area contributed by atoms with E-state index in [-0.39, 0.29) is 12.8 Å². The average molecular weight is 562 g/mol. The van der Waals surface area contributed by atoms with Crippen LogP contribution in [0.2, 0.25) is 0 Å². The summed E-state index contributed by atoms with van der Waals surface area (Å²) in [6, 6.07) is 1.57. The van der Waals surface area contributed by atoms with Gasteiger partial charge in [-0.3, -0.25) is 24.0 Å². The third-order valence-electron chi connectivity index (χ3n) is 6.06. The van der Waals surface area contributed by atoms with Crippen LogP contribution >= 0.6 is 0 Å². The highest BCUT2D eigenvalue weighted by Crippen LogP contribution is 2.19. The number of aromatic amines is 1. The van der Waals surface area contributed by atoms with Gasteiger partial charge in [-0.25, -0.2) is 4.79 Å². The molecule has 0 aliphatic rings. The fourth-order valence-corrected chi connectivity index (χ4v) is 4.00. The van der Waals surface area contributed by atoms with Gasteiger partial charge in [0.2, 0.25) is 23.6 Å². The van der Waals surface area contributed by atoms with Gasteiger partial charge in [-0.15, -0.1) is 0 Å². The van der Waals surface area contributed by atoms with E-state index in [1.54, 1.807) is 12.3 Å². The van der Waals surface area contributed by atoms with Crippen molar-refractivity contribution >= 4 is 46.5 Å². The Kier molecular flexibility index (Phi) is 12.0. The Morgan fingerprint density at radius 2 is 1.48 bits per heavy atom. The average Bonchev–Trinajstić information content (AvgIpc) is 3.29. The number of aliphatic carboxylic acids is 2. The van der Waals surface area contributed by atoms with Gasteiger partial charge in [0, 0.05) is 23.5 Å². The van der Waals surface area contributed by atoms with Crippen molar-refractivity contribution < 1.29 is 39.0 Å². The monoisotopic (exact) mass is 561 g/mol. The molecule has 1 aromatic heterocycles. The maximum absolute atomic E-state index is 13.2. The van der Waals surface area contributed by atoms with Gasteiger partial charge in [-0.05, 0) is 37.4 Å². The minimum Gasteiger partial charge on any atom is -0.481 e. The van der Waals surface area contributed by atoms with Gasteiger partial charge in [-0.1, -0.05) is 18.2 Å². The van der Waals surface area contributed by atoms with Crippen molar-refractivity contribution in [1.29, 1.82) is 0 Å². The normalized spacial score (nSPS) is 13.9. The first kappa shape index (κ1) is 31.7. The summed E-state index contributed by atoms with van der Waals surface area (Å²) in [5, 5.41) is 26.8. The number of amides is 4. The Hall–Kier alpha value is -4.50. The SMILES string of the molecule is NCCCCC(NC(=O)C(CC(=O)O)NC(=O)C(N)CC(N)=O)C(=O)NC(Cc1c[nH]c2ccccc12)C(=O)O. The van der Waals surface area contributed by atoms with Crippen molar-refractivity contribution in [3.8, 4) is 0 Å². The number of carboxylic acids is 2. The molecule has 4 atom stereocenters. The maximum atomic E-state index is 13.2. The van der Waals surface area contributed by atoms with E-state index in [9.17, 15) is 39.0 Å². The van der Waals surface area contributed by atoms with E-state index in [1.807, 2.05) is 18.2 Å².